The number of esters is 1. The minimum atomic E-state index is -0.917. The van der Waals surface area contributed by atoms with Crippen LogP contribution >= 0.6 is 11.6 Å². The van der Waals surface area contributed by atoms with E-state index in [1.165, 1.54) is 0 Å². The number of aryl methyl sites for hydroxylation is 1. The van der Waals surface area contributed by atoms with Crippen molar-refractivity contribution in [1.82, 2.24) is 0 Å². The lowest BCUT2D eigenvalue weighted by Crippen LogP contribution is -2.09. The first-order chi connectivity index (χ1) is 8.04. The van der Waals surface area contributed by atoms with Gasteiger partial charge in [-0.15, -0.1) is 0 Å². The summed E-state index contributed by atoms with van der Waals surface area (Å²) in [6.45, 7) is 1.99. The zero-order valence-electron chi connectivity index (χ0n) is 9.40. The van der Waals surface area contributed by atoms with Crippen LogP contribution in [0.15, 0.2) is 18.2 Å². The number of carbonyl (C=O) groups is 2. The lowest BCUT2D eigenvalue weighted by atomic mass is 10.0. The maximum atomic E-state index is 11.6. The van der Waals surface area contributed by atoms with Gasteiger partial charge >= 0.3 is 11.9 Å². The van der Waals surface area contributed by atoms with Gasteiger partial charge in [0, 0.05) is 11.4 Å². The number of aliphatic carboxylic acids is 1. The van der Waals surface area contributed by atoms with Gasteiger partial charge in [-0.3, -0.25) is 4.79 Å². The van der Waals surface area contributed by atoms with Crippen molar-refractivity contribution in [2.45, 2.75) is 19.8 Å². The number of hydrogen-bond acceptors (Lipinski definition) is 3. The van der Waals surface area contributed by atoms with E-state index in [9.17, 15) is 9.59 Å². The van der Waals surface area contributed by atoms with Crippen LogP contribution in [0.2, 0.25) is 5.02 Å². The predicted molar refractivity (Wildman–Crippen MR) is 63.4 cm³/mol. The van der Waals surface area contributed by atoms with Crippen LogP contribution in [0.25, 0.3) is 0 Å². The quantitative estimate of drug-likeness (QED) is 0.823. The molecule has 1 rings (SSSR count). The summed E-state index contributed by atoms with van der Waals surface area (Å²) in [4.78, 5) is 22.1. The van der Waals surface area contributed by atoms with Crippen LogP contribution in [-0.4, -0.2) is 23.7 Å². The van der Waals surface area contributed by atoms with Crippen LogP contribution in [0.3, 0.4) is 0 Å². The zero-order valence-corrected chi connectivity index (χ0v) is 10.2. The van der Waals surface area contributed by atoms with E-state index in [4.69, 9.17) is 21.4 Å². The number of ether oxygens (including phenoxy) is 1. The van der Waals surface area contributed by atoms with Crippen LogP contribution in [0.5, 0.6) is 0 Å². The summed E-state index contributed by atoms with van der Waals surface area (Å²) in [6.07, 6.45) is 0.205. The molecule has 0 unspecified atom stereocenters. The van der Waals surface area contributed by atoms with Gasteiger partial charge in [0.1, 0.15) is 0 Å². The number of rotatable bonds is 5. The molecule has 0 saturated heterocycles. The lowest BCUT2D eigenvalue weighted by molar-refractivity contribution is -0.136. The van der Waals surface area contributed by atoms with E-state index in [0.717, 1.165) is 0 Å². The Morgan fingerprint density at radius 1 is 1.41 bits per heavy atom. The van der Waals surface area contributed by atoms with E-state index in [1.807, 2.05) is 0 Å². The molecule has 5 heteroatoms. The maximum Gasteiger partial charge on any atom is 0.338 e. The van der Waals surface area contributed by atoms with Crippen molar-refractivity contribution >= 4 is 23.5 Å². The Labute approximate surface area is 104 Å². The average Bonchev–Trinajstić information content (AvgIpc) is 2.26. The summed E-state index contributed by atoms with van der Waals surface area (Å²) in [6, 6.07) is 4.73. The zero-order chi connectivity index (χ0) is 12.8. The Bertz CT molecular complexity index is 429. The van der Waals surface area contributed by atoms with Crippen LogP contribution in [0.1, 0.15) is 29.3 Å². The van der Waals surface area contributed by atoms with Crippen molar-refractivity contribution in [3.05, 3.63) is 34.3 Å². The van der Waals surface area contributed by atoms with Gasteiger partial charge < -0.3 is 9.84 Å². The molecule has 1 aromatic carbocycles. The molecule has 0 spiro atoms. The fraction of sp³-hybridized carbons (Fsp3) is 0.333. The first kappa shape index (κ1) is 13.5. The van der Waals surface area contributed by atoms with E-state index >= 15 is 0 Å². The summed E-state index contributed by atoms with van der Waals surface area (Å²) in [5, 5.41) is 9.10. The SMILES string of the molecule is CCOC(=O)c1ccc(Cl)cc1CCC(=O)O. The van der Waals surface area contributed by atoms with Crippen LogP contribution in [-0.2, 0) is 16.0 Å². The topological polar surface area (TPSA) is 63.6 Å². The highest BCUT2D eigenvalue weighted by Crippen LogP contribution is 2.18. The second-order valence-corrected chi connectivity index (χ2v) is 3.85. The van der Waals surface area contributed by atoms with Gasteiger partial charge in [0.05, 0.1) is 12.2 Å². The van der Waals surface area contributed by atoms with Gasteiger partial charge in [-0.05, 0) is 37.1 Å². The normalized spacial score (nSPS) is 10.0. The summed E-state index contributed by atoms with van der Waals surface area (Å²) < 4.78 is 4.89. The summed E-state index contributed by atoms with van der Waals surface area (Å²) in [5.74, 6) is -1.37. The molecule has 0 aromatic heterocycles. The largest absolute Gasteiger partial charge is 0.481 e. The van der Waals surface area contributed by atoms with Crippen LogP contribution in [0, 0.1) is 0 Å². The van der Waals surface area contributed by atoms with Crippen molar-refractivity contribution in [3.63, 3.8) is 0 Å². The van der Waals surface area contributed by atoms with Gasteiger partial charge in [-0.25, -0.2) is 4.79 Å². The molecule has 0 atom stereocenters. The second kappa shape index (κ2) is 6.25. The highest BCUT2D eigenvalue weighted by molar-refractivity contribution is 6.30. The van der Waals surface area contributed by atoms with E-state index < -0.39 is 11.9 Å². The number of benzene rings is 1. The third-order valence-electron chi connectivity index (χ3n) is 2.17. The molecule has 17 heavy (non-hydrogen) atoms. The molecular formula is C12H13ClO4. The minimum Gasteiger partial charge on any atom is -0.481 e. The third kappa shape index (κ3) is 4.07. The summed E-state index contributed by atoms with van der Waals surface area (Å²) >= 11 is 5.81. The van der Waals surface area contributed by atoms with Gasteiger partial charge in [-0.2, -0.15) is 0 Å². The monoisotopic (exact) mass is 256 g/mol. The van der Waals surface area contributed by atoms with E-state index in [-0.39, 0.29) is 19.4 Å². The molecule has 92 valence electrons. The molecule has 0 heterocycles. The Morgan fingerprint density at radius 2 is 2.12 bits per heavy atom. The summed E-state index contributed by atoms with van der Waals surface area (Å²) in [5.41, 5.74) is 0.968. The molecule has 0 radical (unpaired) electrons. The first-order valence-electron chi connectivity index (χ1n) is 5.22. The number of carboxylic acids is 1. The highest BCUT2D eigenvalue weighted by atomic mass is 35.5. The van der Waals surface area contributed by atoms with Crippen molar-refractivity contribution in [2.75, 3.05) is 6.61 Å². The number of hydrogen-bond donors (Lipinski definition) is 1. The van der Waals surface area contributed by atoms with Crippen molar-refractivity contribution in [3.8, 4) is 0 Å². The van der Waals surface area contributed by atoms with E-state index in [1.54, 1.807) is 25.1 Å². The van der Waals surface area contributed by atoms with Gasteiger partial charge in [-0.1, -0.05) is 11.6 Å². The average molecular weight is 257 g/mol. The molecule has 4 nitrogen and oxygen atoms in total. The minimum absolute atomic E-state index is 0.0489. The highest BCUT2D eigenvalue weighted by Gasteiger charge is 2.13. The van der Waals surface area contributed by atoms with E-state index in [2.05, 4.69) is 0 Å². The number of carboxylic acid groups (broad SMARTS) is 1. The third-order valence-corrected chi connectivity index (χ3v) is 2.41. The Morgan fingerprint density at radius 3 is 2.71 bits per heavy atom. The molecule has 1 aromatic rings. The Balaban J connectivity index is 2.94. The first-order valence-corrected chi connectivity index (χ1v) is 5.59. The lowest BCUT2D eigenvalue weighted by Gasteiger charge is -2.08. The molecule has 0 saturated carbocycles. The molecular weight excluding hydrogens is 244 g/mol. The van der Waals surface area contributed by atoms with Crippen LogP contribution < -0.4 is 0 Å². The van der Waals surface area contributed by atoms with Crippen molar-refractivity contribution < 1.29 is 19.4 Å². The predicted octanol–water partition coefficient (Wildman–Crippen LogP) is 2.53. The molecule has 0 amide bonds. The molecule has 0 fully saturated rings. The van der Waals surface area contributed by atoms with Crippen molar-refractivity contribution in [1.29, 1.82) is 0 Å². The second-order valence-electron chi connectivity index (χ2n) is 3.42. The number of halogens is 1. The van der Waals surface area contributed by atoms with Crippen molar-refractivity contribution in [2.24, 2.45) is 0 Å². The molecule has 0 aliphatic heterocycles. The number of carbonyl (C=O) groups excluding carboxylic acids is 1. The van der Waals surface area contributed by atoms with Gasteiger partial charge in [0.2, 0.25) is 0 Å². The molecule has 0 bridgehead atoms. The van der Waals surface area contributed by atoms with Gasteiger partial charge in [0.25, 0.3) is 0 Å². The molecule has 1 N–H and O–H groups in total. The fourth-order valence-electron chi connectivity index (χ4n) is 1.42. The maximum absolute atomic E-state index is 11.6. The fourth-order valence-corrected chi connectivity index (χ4v) is 1.61. The molecule has 0 aliphatic rings. The van der Waals surface area contributed by atoms with Gasteiger partial charge in [0.15, 0.2) is 0 Å². The van der Waals surface area contributed by atoms with Crippen LogP contribution in [0.4, 0.5) is 0 Å². The summed E-state index contributed by atoms with van der Waals surface area (Å²) in [7, 11) is 0. The standard InChI is InChI=1S/C12H13ClO4/c1-2-17-12(16)10-5-4-9(13)7-8(10)3-6-11(14)15/h4-5,7H,2-3,6H2,1H3,(H,14,15). The Kier molecular flexibility index (Phi) is 4.97. The Hall–Kier alpha value is -1.55. The molecule has 0 aliphatic carbocycles. The smallest absolute Gasteiger partial charge is 0.338 e. The van der Waals surface area contributed by atoms with E-state index in [0.29, 0.717) is 16.1 Å².